The molecule has 1 rings (SSSR count). The van der Waals surface area contributed by atoms with Gasteiger partial charge in [-0.1, -0.05) is 11.6 Å². The first kappa shape index (κ1) is 14.6. The maximum absolute atomic E-state index is 11.5. The fraction of sp³-hybridized carbons (Fsp3) is 0.417. The van der Waals surface area contributed by atoms with E-state index >= 15 is 0 Å². The van der Waals surface area contributed by atoms with E-state index in [1.807, 2.05) is 0 Å². The Labute approximate surface area is 110 Å². The van der Waals surface area contributed by atoms with Gasteiger partial charge in [0.2, 0.25) is 0 Å². The van der Waals surface area contributed by atoms with E-state index in [9.17, 15) is 9.90 Å². The molecule has 100 valence electrons. The smallest absolute Gasteiger partial charge is 0.339 e. The predicted molar refractivity (Wildman–Crippen MR) is 66.1 cm³/mol. The standard InChI is InChI=1S/C12H15ClO5/c1-4-18-12(15)11(14)7-5-8(13)10(17-3)6-9(7)16-2/h5-6,11,14H,4H2,1-3H3. The third-order valence-electron chi connectivity index (χ3n) is 2.31. The van der Waals surface area contributed by atoms with Crippen molar-refractivity contribution in [3.63, 3.8) is 0 Å². The van der Waals surface area contributed by atoms with E-state index in [0.717, 1.165) is 0 Å². The largest absolute Gasteiger partial charge is 0.496 e. The van der Waals surface area contributed by atoms with E-state index in [2.05, 4.69) is 0 Å². The van der Waals surface area contributed by atoms with Crippen LogP contribution in [0, 0.1) is 0 Å². The van der Waals surface area contributed by atoms with Crippen molar-refractivity contribution in [1.29, 1.82) is 0 Å². The summed E-state index contributed by atoms with van der Waals surface area (Å²) in [5, 5.41) is 10.1. The average Bonchev–Trinajstić information content (AvgIpc) is 2.37. The molecule has 0 radical (unpaired) electrons. The second-order valence-corrected chi connectivity index (χ2v) is 3.79. The van der Waals surface area contributed by atoms with Crippen LogP contribution in [0.25, 0.3) is 0 Å². The molecule has 0 bridgehead atoms. The highest BCUT2D eigenvalue weighted by molar-refractivity contribution is 6.32. The van der Waals surface area contributed by atoms with Gasteiger partial charge in [0.05, 0.1) is 25.8 Å². The number of ether oxygens (including phenoxy) is 3. The second-order valence-electron chi connectivity index (χ2n) is 3.38. The number of esters is 1. The molecule has 0 aliphatic rings. The van der Waals surface area contributed by atoms with Crippen LogP contribution in [-0.4, -0.2) is 31.9 Å². The molecule has 0 aliphatic heterocycles. The summed E-state index contributed by atoms with van der Waals surface area (Å²) in [7, 11) is 2.88. The Morgan fingerprint density at radius 3 is 2.44 bits per heavy atom. The van der Waals surface area contributed by atoms with Gasteiger partial charge >= 0.3 is 5.97 Å². The van der Waals surface area contributed by atoms with Crippen molar-refractivity contribution in [2.24, 2.45) is 0 Å². The van der Waals surface area contributed by atoms with Gasteiger partial charge in [-0.15, -0.1) is 0 Å². The number of hydrogen-bond donors (Lipinski definition) is 1. The van der Waals surface area contributed by atoms with Gasteiger partial charge in [-0.25, -0.2) is 4.79 Å². The lowest BCUT2D eigenvalue weighted by Crippen LogP contribution is -2.16. The van der Waals surface area contributed by atoms with Crippen molar-refractivity contribution in [3.05, 3.63) is 22.7 Å². The number of halogens is 1. The molecule has 1 aromatic rings. The predicted octanol–water partition coefficient (Wildman–Crippen LogP) is 1.95. The molecular weight excluding hydrogens is 260 g/mol. The minimum Gasteiger partial charge on any atom is -0.496 e. The van der Waals surface area contributed by atoms with Gasteiger partial charge in [-0.2, -0.15) is 0 Å². The molecule has 18 heavy (non-hydrogen) atoms. The van der Waals surface area contributed by atoms with Crippen LogP contribution in [0.1, 0.15) is 18.6 Å². The Bertz CT molecular complexity index is 433. The van der Waals surface area contributed by atoms with Gasteiger partial charge in [0.25, 0.3) is 0 Å². The fourth-order valence-corrected chi connectivity index (χ4v) is 1.69. The summed E-state index contributed by atoms with van der Waals surface area (Å²) in [5.41, 5.74) is 0.238. The number of carbonyl (C=O) groups is 1. The van der Waals surface area contributed by atoms with Gasteiger partial charge < -0.3 is 19.3 Å². The Balaban J connectivity index is 3.14. The zero-order valence-electron chi connectivity index (χ0n) is 10.4. The Morgan fingerprint density at radius 2 is 1.94 bits per heavy atom. The van der Waals surface area contributed by atoms with E-state index in [-0.39, 0.29) is 17.2 Å². The number of rotatable bonds is 5. The molecule has 1 unspecified atom stereocenters. The molecule has 1 atom stereocenters. The first-order valence-corrected chi connectivity index (χ1v) is 5.69. The molecule has 0 spiro atoms. The van der Waals surface area contributed by atoms with E-state index in [4.69, 9.17) is 25.8 Å². The third kappa shape index (κ3) is 3.05. The number of aliphatic hydroxyl groups is 1. The first-order chi connectivity index (χ1) is 8.54. The van der Waals surface area contributed by atoms with Crippen molar-refractivity contribution < 1.29 is 24.1 Å². The molecule has 5 nitrogen and oxygen atoms in total. The number of carbonyl (C=O) groups excluding carboxylic acids is 1. The molecule has 0 aromatic heterocycles. The topological polar surface area (TPSA) is 65.0 Å². The molecule has 0 fully saturated rings. The Kier molecular flexibility index (Phi) is 5.25. The van der Waals surface area contributed by atoms with Crippen LogP contribution in [0.5, 0.6) is 11.5 Å². The maximum atomic E-state index is 11.5. The van der Waals surface area contributed by atoms with Crippen LogP contribution >= 0.6 is 11.6 Å². The minimum atomic E-state index is -1.44. The maximum Gasteiger partial charge on any atom is 0.339 e. The van der Waals surface area contributed by atoms with Crippen LogP contribution in [0.2, 0.25) is 5.02 Å². The van der Waals surface area contributed by atoms with Crippen LogP contribution in [0.3, 0.4) is 0 Å². The highest BCUT2D eigenvalue weighted by Gasteiger charge is 2.24. The van der Waals surface area contributed by atoms with Gasteiger partial charge in [-0.05, 0) is 13.0 Å². The van der Waals surface area contributed by atoms with Crippen molar-refractivity contribution in [2.75, 3.05) is 20.8 Å². The van der Waals surface area contributed by atoms with Crippen LogP contribution in [-0.2, 0) is 9.53 Å². The molecule has 0 saturated heterocycles. The summed E-state index contributed by atoms with van der Waals surface area (Å²) in [6.45, 7) is 1.84. The SMILES string of the molecule is CCOC(=O)C(O)c1cc(Cl)c(OC)cc1OC. The zero-order chi connectivity index (χ0) is 13.7. The number of aliphatic hydroxyl groups excluding tert-OH is 1. The summed E-state index contributed by atoms with van der Waals surface area (Å²) in [6.07, 6.45) is -1.44. The Morgan fingerprint density at radius 1 is 1.33 bits per heavy atom. The van der Waals surface area contributed by atoms with E-state index in [1.165, 1.54) is 26.4 Å². The lowest BCUT2D eigenvalue weighted by atomic mass is 10.1. The summed E-state index contributed by atoms with van der Waals surface area (Å²) in [5.74, 6) is -0.0536. The molecule has 0 saturated carbocycles. The Hall–Kier alpha value is -1.46. The van der Waals surface area contributed by atoms with Gasteiger partial charge in [0.15, 0.2) is 6.10 Å². The highest BCUT2D eigenvalue weighted by atomic mass is 35.5. The summed E-state index contributed by atoms with van der Waals surface area (Å²) >= 11 is 5.94. The summed E-state index contributed by atoms with van der Waals surface area (Å²) in [6, 6.07) is 2.92. The lowest BCUT2D eigenvalue weighted by molar-refractivity contribution is -0.153. The molecular formula is C12H15ClO5. The number of methoxy groups -OCH3 is 2. The normalized spacial score (nSPS) is 11.8. The molecule has 0 heterocycles. The van der Waals surface area contributed by atoms with Crippen molar-refractivity contribution in [1.82, 2.24) is 0 Å². The monoisotopic (exact) mass is 274 g/mol. The number of benzene rings is 1. The minimum absolute atomic E-state index is 0.183. The van der Waals surface area contributed by atoms with Crippen molar-refractivity contribution in [3.8, 4) is 11.5 Å². The van der Waals surface area contributed by atoms with E-state index in [1.54, 1.807) is 6.92 Å². The van der Waals surface area contributed by atoms with Crippen molar-refractivity contribution >= 4 is 17.6 Å². The van der Waals surface area contributed by atoms with Gasteiger partial charge in [0.1, 0.15) is 11.5 Å². The van der Waals surface area contributed by atoms with Crippen molar-refractivity contribution in [2.45, 2.75) is 13.0 Å². The lowest BCUT2D eigenvalue weighted by Gasteiger charge is -2.15. The van der Waals surface area contributed by atoms with Gasteiger partial charge in [0, 0.05) is 11.6 Å². The van der Waals surface area contributed by atoms with Crippen LogP contribution < -0.4 is 9.47 Å². The molecule has 0 aliphatic carbocycles. The van der Waals surface area contributed by atoms with Crippen LogP contribution in [0.15, 0.2) is 12.1 Å². The van der Waals surface area contributed by atoms with Gasteiger partial charge in [-0.3, -0.25) is 0 Å². The molecule has 1 aromatic carbocycles. The second kappa shape index (κ2) is 6.47. The zero-order valence-corrected chi connectivity index (χ0v) is 11.2. The fourth-order valence-electron chi connectivity index (χ4n) is 1.45. The molecule has 1 N–H and O–H groups in total. The molecule has 0 amide bonds. The van der Waals surface area contributed by atoms with Crippen LogP contribution in [0.4, 0.5) is 0 Å². The molecule has 6 heteroatoms. The summed E-state index contributed by atoms with van der Waals surface area (Å²) < 4.78 is 14.8. The van der Waals surface area contributed by atoms with E-state index < -0.39 is 12.1 Å². The summed E-state index contributed by atoms with van der Waals surface area (Å²) in [4.78, 5) is 11.5. The average molecular weight is 275 g/mol. The highest BCUT2D eigenvalue weighted by Crippen LogP contribution is 2.35. The first-order valence-electron chi connectivity index (χ1n) is 5.31. The quantitative estimate of drug-likeness (QED) is 0.832. The van der Waals surface area contributed by atoms with E-state index in [0.29, 0.717) is 11.5 Å². The third-order valence-corrected chi connectivity index (χ3v) is 2.60. The number of hydrogen-bond acceptors (Lipinski definition) is 5.